The first kappa shape index (κ1) is 17.3. The molecule has 1 N–H and O–H groups in total. The Bertz CT molecular complexity index is 595. The fourth-order valence-electron chi connectivity index (χ4n) is 3.74. The predicted octanol–water partition coefficient (Wildman–Crippen LogP) is 1.81. The van der Waals surface area contributed by atoms with Crippen LogP contribution in [0.1, 0.15) is 24.8 Å². The molecule has 2 aliphatic heterocycles. The maximum absolute atomic E-state index is 13.3. The third kappa shape index (κ3) is 3.75. The number of piperidine rings is 1. The number of halogens is 2. The maximum atomic E-state index is 13.3. The summed E-state index contributed by atoms with van der Waals surface area (Å²) in [7, 11) is 1.98. The lowest BCUT2D eigenvalue weighted by atomic mass is 9.90. The summed E-state index contributed by atoms with van der Waals surface area (Å²) in [6.45, 7) is 2.55. The van der Waals surface area contributed by atoms with Gasteiger partial charge in [-0.2, -0.15) is 0 Å². The topological polar surface area (TPSA) is 43.8 Å². The summed E-state index contributed by atoms with van der Waals surface area (Å²) in [4.78, 5) is 16.5. The Hall–Kier alpha value is -1.53. The highest BCUT2D eigenvalue weighted by Crippen LogP contribution is 2.28. The van der Waals surface area contributed by atoms with Crippen LogP contribution < -0.4 is 0 Å². The van der Waals surface area contributed by atoms with E-state index in [2.05, 4.69) is 4.90 Å². The number of hydrogen-bond acceptors (Lipinski definition) is 3. The molecule has 6 heteroatoms. The molecular weight excluding hydrogens is 314 g/mol. The normalized spacial score (nSPS) is 24.3. The van der Waals surface area contributed by atoms with E-state index in [4.69, 9.17) is 0 Å². The van der Waals surface area contributed by atoms with Gasteiger partial charge in [0, 0.05) is 32.2 Å². The van der Waals surface area contributed by atoms with Crippen LogP contribution in [-0.2, 0) is 11.2 Å². The molecular formula is C18H24F2N2O2. The molecule has 2 aliphatic rings. The highest BCUT2D eigenvalue weighted by Gasteiger charge is 2.43. The van der Waals surface area contributed by atoms with Gasteiger partial charge in [-0.3, -0.25) is 4.79 Å². The van der Waals surface area contributed by atoms with E-state index >= 15 is 0 Å². The first-order valence-electron chi connectivity index (χ1n) is 8.51. The summed E-state index contributed by atoms with van der Waals surface area (Å²) in [5.74, 6) is -1.17. The van der Waals surface area contributed by atoms with Crippen LogP contribution in [-0.4, -0.2) is 59.6 Å². The van der Waals surface area contributed by atoms with Crippen molar-refractivity contribution in [3.8, 4) is 0 Å². The Balaban J connectivity index is 1.59. The van der Waals surface area contributed by atoms with Gasteiger partial charge in [-0.25, -0.2) is 8.78 Å². The molecule has 1 atom stereocenters. The summed E-state index contributed by atoms with van der Waals surface area (Å²) in [6.07, 6.45) is 2.25. The first-order valence-corrected chi connectivity index (χ1v) is 8.51. The molecule has 0 radical (unpaired) electrons. The third-order valence-electron chi connectivity index (χ3n) is 5.23. The van der Waals surface area contributed by atoms with Gasteiger partial charge in [-0.15, -0.1) is 0 Å². The second-order valence-electron chi connectivity index (χ2n) is 7.22. The van der Waals surface area contributed by atoms with Crippen LogP contribution in [0, 0.1) is 17.6 Å². The van der Waals surface area contributed by atoms with Crippen LogP contribution in [0.3, 0.4) is 0 Å². The number of likely N-dealkylation sites (tertiary alicyclic amines) is 2. The minimum absolute atomic E-state index is 0.171. The molecule has 2 heterocycles. The molecule has 2 saturated heterocycles. The van der Waals surface area contributed by atoms with Crippen molar-refractivity contribution in [2.75, 3.05) is 33.2 Å². The highest BCUT2D eigenvalue weighted by atomic mass is 19.1. The van der Waals surface area contributed by atoms with Crippen LogP contribution >= 0.6 is 0 Å². The van der Waals surface area contributed by atoms with Crippen LogP contribution in [0.25, 0.3) is 0 Å². The predicted molar refractivity (Wildman–Crippen MR) is 86.4 cm³/mol. The average Bonchev–Trinajstić information content (AvgIpc) is 2.97. The second kappa shape index (κ2) is 6.76. The van der Waals surface area contributed by atoms with Gasteiger partial charge < -0.3 is 14.9 Å². The number of nitrogens with zero attached hydrogens (tertiary/aromatic N) is 2. The van der Waals surface area contributed by atoms with Gasteiger partial charge >= 0.3 is 0 Å². The van der Waals surface area contributed by atoms with E-state index in [1.807, 2.05) is 7.05 Å². The van der Waals surface area contributed by atoms with Gasteiger partial charge in [-0.05, 0) is 56.3 Å². The van der Waals surface area contributed by atoms with Crippen molar-refractivity contribution in [1.82, 2.24) is 9.80 Å². The monoisotopic (exact) mass is 338 g/mol. The summed E-state index contributed by atoms with van der Waals surface area (Å²) in [5, 5.41) is 10.6. The van der Waals surface area contributed by atoms with Crippen LogP contribution in [0.2, 0.25) is 0 Å². The first-order chi connectivity index (χ1) is 11.4. The smallest absolute Gasteiger partial charge is 0.254 e. The number of aliphatic hydroxyl groups is 1. The van der Waals surface area contributed by atoms with E-state index in [9.17, 15) is 18.7 Å². The molecule has 3 rings (SSSR count). The SMILES string of the molecule is CN1CCC(O)(C(=O)N2CCC(Cc3cc(F)cc(F)c3)C2)CC1. The largest absolute Gasteiger partial charge is 0.380 e. The Morgan fingerprint density at radius 1 is 1.21 bits per heavy atom. The Morgan fingerprint density at radius 2 is 1.83 bits per heavy atom. The standard InChI is InChI=1S/C18H24F2N2O2/c1-21-6-3-18(24,4-7-21)17(23)22-5-2-13(12-22)8-14-9-15(19)11-16(20)10-14/h9-11,13,24H,2-8,12H2,1H3. The highest BCUT2D eigenvalue weighted by molar-refractivity contribution is 5.85. The van der Waals surface area contributed by atoms with Gasteiger partial charge in [0.25, 0.3) is 5.91 Å². The zero-order valence-electron chi connectivity index (χ0n) is 14.0. The molecule has 0 saturated carbocycles. The molecule has 1 unspecified atom stereocenters. The average molecular weight is 338 g/mol. The van der Waals surface area contributed by atoms with Crippen molar-refractivity contribution in [1.29, 1.82) is 0 Å². The molecule has 1 aromatic carbocycles. The van der Waals surface area contributed by atoms with Gasteiger partial charge in [0.05, 0.1) is 0 Å². The van der Waals surface area contributed by atoms with E-state index < -0.39 is 17.2 Å². The molecule has 1 amide bonds. The van der Waals surface area contributed by atoms with Gasteiger partial charge in [0.2, 0.25) is 0 Å². The number of carbonyl (C=O) groups is 1. The molecule has 0 spiro atoms. The van der Waals surface area contributed by atoms with E-state index in [1.54, 1.807) is 4.90 Å². The molecule has 0 bridgehead atoms. The number of amides is 1. The van der Waals surface area contributed by atoms with E-state index in [0.717, 1.165) is 12.5 Å². The molecule has 0 aliphatic carbocycles. The van der Waals surface area contributed by atoms with Gasteiger partial charge in [0.15, 0.2) is 0 Å². The molecule has 4 nitrogen and oxygen atoms in total. The van der Waals surface area contributed by atoms with Crippen molar-refractivity contribution < 1.29 is 18.7 Å². The Morgan fingerprint density at radius 3 is 2.46 bits per heavy atom. The summed E-state index contributed by atoms with van der Waals surface area (Å²) in [5.41, 5.74) is -0.642. The maximum Gasteiger partial charge on any atom is 0.254 e. The Kier molecular flexibility index (Phi) is 4.88. The van der Waals surface area contributed by atoms with E-state index in [1.165, 1.54) is 12.1 Å². The van der Waals surface area contributed by atoms with Crippen LogP contribution in [0.4, 0.5) is 8.78 Å². The van der Waals surface area contributed by atoms with Gasteiger partial charge in [-0.1, -0.05) is 0 Å². The molecule has 0 aromatic heterocycles. The van der Waals surface area contributed by atoms with Crippen molar-refractivity contribution in [2.45, 2.75) is 31.3 Å². The van der Waals surface area contributed by atoms with Crippen molar-refractivity contribution in [3.05, 3.63) is 35.4 Å². The zero-order chi connectivity index (χ0) is 17.3. The molecule has 1 aromatic rings. The van der Waals surface area contributed by atoms with Crippen molar-refractivity contribution in [3.63, 3.8) is 0 Å². The van der Waals surface area contributed by atoms with Crippen LogP contribution in [0.15, 0.2) is 18.2 Å². The van der Waals surface area contributed by atoms with Crippen molar-refractivity contribution >= 4 is 5.91 Å². The molecule has 24 heavy (non-hydrogen) atoms. The molecule has 132 valence electrons. The zero-order valence-corrected chi connectivity index (χ0v) is 14.0. The molecule has 2 fully saturated rings. The lowest BCUT2D eigenvalue weighted by molar-refractivity contribution is -0.155. The number of hydrogen-bond donors (Lipinski definition) is 1. The fraction of sp³-hybridized carbons (Fsp3) is 0.611. The minimum Gasteiger partial charge on any atom is -0.380 e. The fourth-order valence-corrected chi connectivity index (χ4v) is 3.74. The second-order valence-corrected chi connectivity index (χ2v) is 7.22. The quantitative estimate of drug-likeness (QED) is 0.914. The van der Waals surface area contributed by atoms with Crippen molar-refractivity contribution in [2.24, 2.45) is 5.92 Å². The lowest BCUT2D eigenvalue weighted by Crippen LogP contribution is -2.53. The van der Waals surface area contributed by atoms with Crippen LogP contribution in [0.5, 0.6) is 0 Å². The third-order valence-corrected chi connectivity index (χ3v) is 5.23. The Labute approximate surface area is 141 Å². The summed E-state index contributed by atoms with van der Waals surface area (Å²) in [6, 6.07) is 3.56. The number of rotatable bonds is 3. The number of carbonyl (C=O) groups excluding carboxylic acids is 1. The summed E-state index contributed by atoms with van der Waals surface area (Å²) < 4.78 is 26.6. The lowest BCUT2D eigenvalue weighted by Gasteiger charge is -2.37. The summed E-state index contributed by atoms with van der Waals surface area (Å²) >= 11 is 0. The van der Waals surface area contributed by atoms with E-state index in [-0.39, 0.29) is 11.8 Å². The van der Waals surface area contributed by atoms with Gasteiger partial charge in [0.1, 0.15) is 17.2 Å². The van der Waals surface area contributed by atoms with E-state index in [0.29, 0.717) is 51.0 Å². The number of benzene rings is 1. The minimum atomic E-state index is -1.26.